The van der Waals surface area contributed by atoms with Crippen LogP contribution in [0.15, 0.2) is 28.7 Å². The third-order valence-corrected chi connectivity index (χ3v) is 4.35. The summed E-state index contributed by atoms with van der Waals surface area (Å²) in [4.78, 5) is 0. The minimum atomic E-state index is 0.393. The van der Waals surface area contributed by atoms with Crippen LogP contribution in [0.4, 0.5) is 0 Å². The Bertz CT molecular complexity index is 359. The average Bonchev–Trinajstić information content (AvgIpc) is 2.32. The Balaban J connectivity index is 1.93. The van der Waals surface area contributed by atoms with Crippen LogP contribution in [-0.4, -0.2) is 12.1 Å². The van der Waals surface area contributed by atoms with E-state index in [9.17, 15) is 0 Å². The fourth-order valence-corrected chi connectivity index (χ4v) is 3.18. The van der Waals surface area contributed by atoms with E-state index in [0.29, 0.717) is 18.1 Å². The van der Waals surface area contributed by atoms with Crippen LogP contribution >= 0.6 is 15.9 Å². The molecule has 0 bridgehead atoms. The zero-order valence-corrected chi connectivity index (χ0v) is 11.9. The first-order valence-electron chi connectivity index (χ1n) is 6.43. The highest BCUT2D eigenvalue weighted by Crippen LogP contribution is 2.25. The molecule has 0 spiro atoms. The van der Waals surface area contributed by atoms with Crippen molar-refractivity contribution in [2.24, 2.45) is 5.73 Å². The molecular weight excluding hydrogens is 276 g/mol. The van der Waals surface area contributed by atoms with Crippen molar-refractivity contribution in [2.45, 2.75) is 50.7 Å². The first-order valence-corrected chi connectivity index (χ1v) is 7.22. The summed E-state index contributed by atoms with van der Waals surface area (Å²) in [6.45, 7) is 2.23. The molecule has 0 aromatic heterocycles. The summed E-state index contributed by atoms with van der Waals surface area (Å²) in [5.74, 6) is 0. The van der Waals surface area contributed by atoms with Gasteiger partial charge in [0, 0.05) is 22.6 Å². The fraction of sp³-hybridized carbons (Fsp3) is 0.571. The fourth-order valence-electron chi connectivity index (χ4n) is 2.56. The molecule has 3 N–H and O–H groups in total. The van der Waals surface area contributed by atoms with Crippen molar-refractivity contribution in [3.8, 4) is 0 Å². The topological polar surface area (TPSA) is 38.0 Å². The number of benzene rings is 1. The number of nitrogens with two attached hydrogens (primary N) is 1. The summed E-state index contributed by atoms with van der Waals surface area (Å²) < 4.78 is 1.19. The summed E-state index contributed by atoms with van der Waals surface area (Å²) in [5, 5.41) is 3.71. The van der Waals surface area contributed by atoms with Gasteiger partial charge in [-0.3, -0.25) is 0 Å². The van der Waals surface area contributed by atoms with Crippen molar-refractivity contribution in [3.63, 3.8) is 0 Å². The van der Waals surface area contributed by atoms with Gasteiger partial charge in [0.2, 0.25) is 0 Å². The van der Waals surface area contributed by atoms with Crippen LogP contribution in [0.1, 0.15) is 44.2 Å². The molecule has 2 rings (SSSR count). The SMILES string of the molecule is C[C@@H](NC1CCC(N)CC1)c1ccccc1Br. The van der Waals surface area contributed by atoms with E-state index in [1.807, 2.05) is 0 Å². The predicted molar refractivity (Wildman–Crippen MR) is 75.9 cm³/mol. The Morgan fingerprint density at radius 1 is 1.24 bits per heavy atom. The number of hydrogen-bond acceptors (Lipinski definition) is 2. The lowest BCUT2D eigenvalue weighted by molar-refractivity contribution is 0.322. The summed E-state index contributed by atoms with van der Waals surface area (Å²) in [6.07, 6.45) is 4.71. The Kier molecular flexibility index (Phi) is 4.60. The molecule has 1 aromatic rings. The minimum Gasteiger partial charge on any atom is -0.328 e. The first-order chi connectivity index (χ1) is 8.16. The molecule has 0 radical (unpaired) electrons. The highest BCUT2D eigenvalue weighted by molar-refractivity contribution is 9.10. The monoisotopic (exact) mass is 296 g/mol. The predicted octanol–water partition coefficient (Wildman–Crippen LogP) is 3.37. The third kappa shape index (κ3) is 3.54. The number of halogens is 1. The van der Waals surface area contributed by atoms with Crippen LogP contribution in [-0.2, 0) is 0 Å². The third-order valence-electron chi connectivity index (χ3n) is 3.63. The summed E-state index contributed by atoms with van der Waals surface area (Å²) >= 11 is 3.61. The van der Waals surface area contributed by atoms with Gasteiger partial charge in [-0.15, -0.1) is 0 Å². The quantitative estimate of drug-likeness (QED) is 0.897. The van der Waals surface area contributed by atoms with E-state index in [2.05, 4.69) is 52.4 Å². The van der Waals surface area contributed by atoms with Crippen LogP contribution in [0.2, 0.25) is 0 Å². The number of rotatable bonds is 3. The molecule has 0 aliphatic heterocycles. The van der Waals surface area contributed by atoms with Gasteiger partial charge >= 0.3 is 0 Å². The van der Waals surface area contributed by atoms with E-state index in [4.69, 9.17) is 5.73 Å². The molecule has 3 heteroatoms. The second-order valence-corrected chi connectivity index (χ2v) is 5.88. The van der Waals surface area contributed by atoms with Crippen LogP contribution in [0.25, 0.3) is 0 Å². The van der Waals surface area contributed by atoms with E-state index >= 15 is 0 Å². The van der Waals surface area contributed by atoms with Gasteiger partial charge in [-0.25, -0.2) is 0 Å². The molecule has 1 atom stereocenters. The second-order valence-electron chi connectivity index (χ2n) is 5.02. The average molecular weight is 297 g/mol. The lowest BCUT2D eigenvalue weighted by Gasteiger charge is -2.30. The lowest BCUT2D eigenvalue weighted by atomic mass is 9.91. The molecule has 2 nitrogen and oxygen atoms in total. The van der Waals surface area contributed by atoms with Crippen molar-refractivity contribution in [3.05, 3.63) is 34.3 Å². The van der Waals surface area contributed by atoms with Gasteiger partial charge in [-0.1, -0.05) is 34.1 Å². The molecule has 1 fully saturated rings. The molecular formula is C14H21BrN2. The first kappa shape index (κ1) is 13.1. The Labute approximate surface area is 112 Å². The summed E-state index contributed by atoms with van der Waals surface area (Å²) in [5.41, 5.74) is 7.26. The lowest BCUT2D eigenvalue weighted by Crippen LogP contribution is -2.38. The molecule has 0 saturated heterocycles. The molecule has 0 amide bonds. The van der Waals surface area contributed by atoms with Crippen molar-refractivity contribution >= 4 is 15.9 Å². The van der Waals surface area contributed by atoms with Crippen molar-refractivity contribution < 1.29 is 0 Å². The van der Waals surface area contributed by atoms with E-state index in [-0.39, 0.29) is 0 Å². The molecule has 0 unspecified atom stereocenters. The zero-order valence-electron chi connectivity index (χ0n) is 10.3. The Morgan fingerprint density at radius 3 is 2.53 bits per heavy atom. The Morgan fingerprint density at radius 2 is 1.88 bits per heavy atom. The van der Waals surface area contributed by atoms with Gasteiger partial charge in [0.15, 0.2) is 0 Å². The van der Waals surface area contributed by atoms with Gasteiger partial charge in [0.05, 0.1) is 0 Å². The number of nitrogens with one attached hydrogen (secondary N) is 1. The highest BCUT2D eigenvalue weighted by Gasteiger charge is 2.20. The van der Waals surface area contributed by atoms with Crippen LogP contribution in [0.5, 0.6) is 0 Å². The molecule has 1 aliphatic rings. The van der Waals surface area contributed by atoms with E-state index in [1.54, 1.807) is 0 Å². The van der Waals surface area contributed by atoms with Gasteiger partial charge in [-0.05, 0) is 44.2 Å². The van der Waals surface area contributed by atoms with Gasteiger partial charge < -0.3 is 11.1 Å². The maximum atomic E-state index is 5.93. The molecule has 17 heavy (non-hydrogen) atoms. The van der Waals surface area contributed by atoms with Crippen molar-refractivity contribution in [2.75, 3.05) is 0 Å². The molecule has 94 valence electrons. The highest BCUT2D eigenvalue weighted by atomic mass is 79.9. The molecule has 1 aliphatic carbocycles. The van der Waals surface area contributed by atoms with Gasteiger partial charge in [0.1, 0.15) is 0 Å². The van der Waals surface area contributed by atoms with Crippen LogP contribution in [0, 0.1) is 0 Å². The smallest absolute Gasteiger partial charge is 0.0305 e. The maximum Gasteiger partial charge on any atom is 0.0305 e. The molecule has 1 aromatic carbocycles. The van der Waals surface area contributed by atoms with Gasteiger partial charge in [-0.2, -0.15) is 0 Å². The minimum absolute atomic E-state index is 0.393. The number of hydrogen-bond donors (Lipinski definition) is 2. The van der Waals surface area contributed by atoms with Gasteiger partial charge in [0.25, 0.3) is 0 Å². The molecule has 0 heterocycles. The Hall–Kier alpha value is -0.380. The van der Waals surface area contributed by atoms with Crippen molar-refractivity contribution in [1.82, 2.24) is 5.32 Å². The van der Waals surface area contributed by atoms with E-state index in [0.717, 1.165) is 12.8 Å². The van der Waals surface area contributed by atoms with Crippen LogP contribution in [0.3, 0.4) is 0 Å². The maximum absolute atomic E-state index is 5.93. The summed E-state index contributed by atoms with van der Waals surface area (Å²) in [7, 11) is 0. The zero-order chi connectivity index (χ0) is 12.3. The largest absolute Gasteiger partial charge is 0.328 e. The van der Waals surface area contributed by atoms with E-state index < -0.39 is 0 Å². The molecule has 1 saturated carbocycles. The summed E-state index contributed by atoms with van der Waals surface area (Å²) in [6, 6.07) is 9.86. The van der Waals surface area contributed by atoms with Crippen LogP contribution < -0.4 is 11.1 Å². The standard InChI is InChI=1S/C14H21BrN2/c1-10(13-4-2-3-5-14(13)15)17-12-8-6-11(16)7-9-12/h2-5,10-12,17H,6-9,16H2,1H3/t10-,11?,12?/m1/s1. The van der Waals surface area contributed by atoms with Crippen molar-refractivity contribution in [1.29, 1.82) is 0 Å². The van der Waals surface area contributed by atoms with E-state index in [1.165, 1.54) is 22.9 Å². The second kappa shape index (κ2) is 5.98. The normalized spacial score (nSPS) is 26.8.